The average molecular weight is 233 g/mol. The second kappa shape index (κ2) is 4.22. The van der Waals surface area contributed by atoms with Crippen LogP contribution in [0.25, 0.3) is 0 Å². The predicted octanol–water partition coefficient (Wildman–Crippen LogP) is 2.62. The molecule has 2 aliphatic rings. The molecule has 1 heterocycles. The van der Waals surface area contributed by atoms with E-state index in [1.165, 1.54) is 18.4 Å². The molecule has 1 fully saturated rings. The maximum atomic E-state index is 6.02. The summed E-state index contributed by atoms with van der Waals surface area (Å²) in [5.41, 5.74) is 6.81. The molecule has 0 radical (unpaired) electrons. The van der Waals surface area contributed by atoms with Crippen LogP contribution in [0.3, 0.4) is 0 Å². The predicted molar refractivity (Wildman–Crippen MR) is 66.3 cm³/mol. The van der Waals surface area contributed by atoms with Crippen LogP contribution in [0.15, 0.2) is 18.2 Å². The summed E-state index contributed by atoms with van der Waals surface area (Å²) in [6.45, 7) is 0.735. The molecule has 0 aromatic heterocycles. The number of aryl methyl sites for hydroxylation is 1. The molecular formula is C14H19NO2. The molecule has 17 heavy (non-hydrogen) atoms. The van der Waals surface area contributed by atoms with E-state index in [-0.39, 0.29) is 5.79 Å². The van der Waals surface area contributed by atoms with Gasteiger partial charge in [0, 0.05) is 12.8 Å². The van der Waals surface area contributed by atoms with Crippen LogP contribution in [-0.4, -0.2) is 12.3 Å². The van der Waals surface area contributed by atoms with Crippen LogP contribution < -0.4 is 15.2 Å². The summed E-state index contributed by atoms with van der Waals surface area (Å²) < 4.78 is 12.0. The molecule has 0 bridgehead atoms. The van der Waals surface area contributed by atoms with Crippen LogP contribution in [0.2, 0.25) is 0 Å². The highest BCUT2D eigenvalue weighted by molar-refractivity contribution is 5.46. The molecule has 92 valence electrons. The third kappa shape index (κ3) is 2.00. The molecule has 3 rings (SSSR count). The van der Waals surface area contributed by atoms with Crippen LogP contribution >= 0.6 is 0 Å². The summed E-state index contributed by atoms with van der Waals surface area (Å²) in [4.78, 5) is 0. The molecule has 0 atom stereocenters. The summed E-state index contributed by atoms with van der Waals surface area (Å²) in [7, 11) is 0. The Bertz CT molecular complexity index is 411. The van der Waals surface area contributed by atoms with E-state index in [0.717, 1.165) is 43.7 Å². The number of fused-ring (bicyclic) bond motifs is 1. The van der Waals surface area contributed by atoms with E-state index in [9.17, 15) is 0 Å². The van der Waals surface area contributed by atoms with E-state index < -0.39 is 0 Å². The largest absolute Gasteiger partial charge is 0.448 e. The van der Waals surface area contributed by atoms with Crippen molar-refractivity contribution >= 4 is 0 Å². The van der Waals surface area contributed by atoms with Gasteiger partial charge in [-0.05, 0) is 49.9 Å². The van der Waals surface area contributed by atoms with Gasteiger partial charge >= 0.3 is 0 Å². The average Bonchev–Trinajstić information content (AvgIpc) is 2.92. The van der Waals surface area contributed by atoms with Crippen LogP contribution in [0.5, 0.6) is 11.5 Å². The van der Waals surface area contributed by atoms with E-state index in [1.807, 2.05) is 6.07 Å². The van der Waals surface area contributed by atoms with Crippen molar-refractivity contribution in [3.05, 3.63) is 23.8 Å². The molecule has 1 saturated carbocycles. The van der Waals surface area contributed by atoms with Gasteiger partial charge in [0.1, 0.15) is 0 Å². The Morgan fingerprint density at radius 3 is 2.65 bits per heavy atom. The lowest BCUT2D eigenvalue weighted by Gasteiger charge is -2.21. The van der Waals surface area contributed by atoms with Gasteiger partial charge in [0.15, 0.2) is 11.5 Å². The Hall–Kier alpha value is -1.22. The van der Waals surface area contributed by atoms with Gasteiger partial charge in [0.2, 0.25) is 0 Å². The summed E-state index contributed by atoms with van der Waals surface area (Å²) in [5.74, 6) is 1.49. The Labute approximate surface area is 102 Å². The number of hydrogen-bond acceptors (Lipinski definition) is 3. The Morgan fingerprint density at radius 1 is 1.12 bits per heavy atom. The van der Waals surface area contributed by atoms with Crippen molar-refractivity contribution < 1.29 is 9.47 Å². The molecule has 3 nitrogen and oxygen atoms in total. The first kappa shape index (κ1) is 10.9. The van der Waals surface area contributed by atoms with E-state index in [2.05, 4.69) is 12.1 Å². The maximum absolute atomic E-state index is 6.02. The lowest BCUT2D eigenvalue weighted by atomic mass is 10.1. The quantitative estimate of drug-likeness (QED) is 0.872. The van der Waals surface area contributed by atoms with Gasteiger partial charge in [0.05, 0.1) is 0 Å². The van der Waals surface area contributed by atoms with Crippen molar-refractivity contribution in [2.75, 3.05) is 6.54 Å². The number of benzene rings is 1. The highest BCUT2D eigenvalue weighted by Crippen LogP contribution is 2.46. The minimum atomic E-state index is -0.338. The summed E-state index contributed by atoms with van der Waals surface area (Å²) in [6.07, 6.45) is 6.46. The van der Waals surface area contributed by atoms with Crippen molar-refractivity contribution in [3.63, 3.8) is 0 Å². The minimum absolute atomic E-state index is 0.338. The van der Waals surface area contributed by atoms with Crippen LogP contribution in [0, 0.1) is 0 Å². The molecule has 1 spiro atoms. The van der Waals surface area contributed by atoms with E-state index in [0.29, 0.717) is 0 Å². The highest BCUT2D eigenvalue weighted by Gasteiger charge is 2.43. The van der Waals surface area contributed by atoms with Crippen LogP contribution in [-0.2, 0) is 6.42 Å². The normalized spacial score (nSPS) is 20.1. The molecule has 3 heteroatoms. The standard InChI is InChI=1S/C14H19NO2/c15-9-3-4-11-5-6-12-13(10-11)17-14(16-12)7-1-2-8-14/h5-6,10H,1-4,7-9,15H2. The van der Waals surface area contributed by atoms with Gasteiger partial charge in [-0.15, -0.1) is 0 Å². The topological polar surface area (TPSA) is 44.5 Å². The molecule has 1 aliphatic heterocycles. The molecule has 2 N–H and O–H groups in total. The molecule has 0 amide bonds. The van der Waals surface area contributed by atoms with Gasteiger partial charge in [-0.3, -0.25) is 0 Å². The lowest BCUT2D eigenvalue weighted by Crippen LogP contribution is -2.34. The molecule has 1 aliphatic carbocycles. The van der Waals surface area contributed by atoms with E-state index >= 15 is 0 Å². The molecule has 0 saturated heterocycles. The molecule has 0 unspecified atom stereocenters. The van der Waals surface area contributed by atoms with Gasteiger partial charge in [-0.25, -0.2) is 0 Å². The second-order valence-electron chi connectivity index (χ2n) is 5.00. The number of hydrogen-bond donors (Lipinski definition) is 1. The molecule has 1 aromatic rings. The van der Waals surface area contributed by atoms with E-state index in [4.69, 9.17) is 15.2 Å². The third-order valence-electron chi connectivity index (χ3n) is 3.63. The lowest BCUT2D eigenvalue weighted by molar-refractivity contribution is -0.0716. The van der Waals surface area contributed by atoms with Gasteiger partial charge in [0.25, 0.3) is 5.79 Å². The van der Waals surface area contributed by atoms with Gasteiger partial charge < -0.3 is 15.2 Å². The summed E-state index contributed by atoms with van der Waals surface area (Å²) in [5, 5.41) is 0. The third-order valence-corrected chi connectivity index (χ3v) is 3.63. The van der Waals surface area contributed by atoms with Gasteiger partial charge in [-0.1, -0.05) is 6.07 Å². The fraction of sp³-hybridized carbons (Fsp3) is 0.571. The second-order valence-corrected chi connectivity index (χ2v) is 5.00. The first-order valence-corrected chi connectivity index (χ1v) is 6.52. The zero-order valence-electron chi connectivity index (χ0n) is 10.1. The zero-order chi connectivity index (χ0) is 11.7. The fourth-order valence-electron chi connectivity index (χ4n) is 2.72. The number of ether oxygens (including phenoxy) is 2. The fourth-order valence-corrected chi connectivity index (χ4v) is 2.72. The minimum Gasteiger partial charge on any atom is -0.448 e. The Morgan fingerprint density at radius 2 is 1.88 bits per heavy atom. The van der Waals surface area contributed by atoms with Crippen LogP contribution in [0.4, 0.5) is 0 Å². The van der Waals surface area contributed by atoms with Crippen molar-refractivity contribution in [1.29, 1.82) is 0 Å². The smallest absolute Gasteiger partial charge is 0.251 e. The van der Waals surface area contributed by atoms with Gasteiger partial charge in [-0.2, -0.15) is 0 Å². The van der Waals surface area contributed by atoms with E-state index in [1.54, 1.807) is 0 Å². The van der Waals surface area contributed by atoms with Crippen molar-refractivity contribution in [2.45, 2.75) is 44.3 Å². The van der Waals surface area contributed by atoms with Crippen molar-refractivity contribution in [1.82, 2.24) is 0 Å². The monoisotopic (exact) mass is 233 g/mol. The Kier molecular flexibility index (Phi) is 2.71. The Balaban J connectivity index is 1.78. The summed E-state index contributed by atoms with van der Waals surface area (Å²) >= 11 is 0. The SMILES string of the molecule is NCCCc1ccc2c(c1)OC1(CCCC1)O2. The maximum Gasteiger partial charge on any atom is 0.251 e. The zero-order valence-corrected chi connectivity index (χ0v) is 10.1. The number of rotatable bonds is 3. The molecule has 1 aromatic carbocycles. The number of nitrogens with two attached hydrogens (primary N) is 1. The summed E-state index contributed by atoms with van der Waals surface area (Å²) in [6, 6.07) is 6.26. The van der Waals surface area contributed by atoms with Crippen LogP contribution in [0.1, 0.15) is 37.7 Å². The highest BCUT2D eigenvalue weighted by atomic mass is 16.7. The van der Waals surface area contributed by atoms with Crippen molar-refractivity contribution in [2.24, 2.45) is 5.73 Å². The first-order valence-electron chi connectivity index (χ1n) is 6.52. The van der Waals surface area contributed by atoms with Crippen molar-refractivity contribution in [3.8, 4) is 11.5 Å². The first-order chi connectivity index (χ1) is 8.31. The molecular weight excluding hydrogens is 214 g/mol.